The Morgan fingerprint density at radius 1 is 1.50 bits per heavy atom. The van der Waals surface area contributed by atoms with Crippen LogP contribution in [0, 0.1) is 5.92 Å². The number of likely N-dealkylation sites (N-methyl/N-ethyl adjacent to an activating group) is 1. The lowest BCUT2D eigenvalue weighted by molar-refractivity contribution is 0.0751. The topological polar surface area (TPSA) is 60.2 Å². The van der Waals surface area contributed by atoms with Crippen LogP contribution in [-0.2, 0) is 11.2 Å². The third-order valence-electron chi connectivity index (χ3n) is 3.51. The Morgan fingerprint density at radius 2 is 2.28 bits per heavy atom. The number of nitrogens with one attached hydrogen (secondary N) is 1. The van der Waals surface area contributed by atoms with Crippen molar-refractivity contribution >= 4 is 0 Å². The van der Waals surface area contributed by atoms with Crippen molar-refractivity contribution in [3.8, 4) is 0 Å². The number of hydrogen-bond acceptors (Lipinski definition) is 5. The van der Waals surface area contributed by atoms with Crippen LogP contribution in [0.25, 0.3) is 0 Å². The second-order valence-electron chi connectivity index (χ2n) is 5.02. The van der Waals surface area contributed by atoms with Crippen molar-refractivity contribution in [2.24, 2.45) is 5.92 Å². The van der Waals surface area contributed by atoms with Crippen molar-refractivity contribution in [2.75, 3.05) is 14.2 Å². The van der Waals surface area contributed by atoms with Gasteiger partial charge in [-0.2, -0.15) is 4.98 Å². The summed E-state index contributed by atoms with van der Waals surface area (Å²) in [4.78, 5) is 4.47. The van der Waals surface area contributed by atoms with E-state index >= 15 is 0 Å². The first-order valence-corrected chi connectivity index (χ1v) is 6.81. The van der Waals surface area contributed by atoms with Crippen LogP contribution in [-0.4, -0.2) is 30.3 Å². The molecule has 1 fully saturated rings. The first-order valence-electron chi connectivity index (χ1n) is 6.81. The third-order valence-corrected chi connectivity index (χ3v) is 3.51. The van der Waals surface area contributed by atoms with Gasteiger partial charge in [0, 0.05) is 19.6 Å². The fourth-order valence-corrected chi connectivity index (χ4v) is 2.28. The highest BCUT2D eigenvalue weighted by atomic mass is 16.5. The molecule has 2 atom stereocenters. The SMILES string of the molecule is CCCC(Cc1nc(C(OC)C2CC2)no1)NC. The summed E-state index contributed by atoms with van der Waals surface area (Å²) in [7, 11) is 3.69. The minimum atomic E-state index is 0.0155. The number of aromatic nitrogens is 2. The number of ether oxygens (including phenoxy) is 1. The maximum absolute atomic E-state index is 5.45. The minimum Gasteiger partial charge on any atom is -0.373 e. The van der Waals surface area contributed by atoms with Crippen LogP contribution in [0.4, 0.5) is 0 Å². The predicted octanol–water partition coefficient (Wildman–Crippen LogP) is 2.10. The molecular weight excluding hydrogens is 230 g/mol. The lowest BCUT2D eigenvalue weighted by Crippen LogP contribution is -2.27. The summed E-state index contributed by atoms with van der Waals surface area (Å²) in [5.41, 5.74) is 0. The monoisotopic (exact) mass is 253 g/mol. The molecule has 0 saturated heterocycles. The van der Waals surface area contributed by atoms with E-state index in [4.69, 9.17) is 9.26 Å². The van der Waals surface area contributed by atoms with Gasteiger partial charge in [0.05, 0.1) is 0 Å². The Kier molecular flexibility index (Phi) is 4.72. The second kappa shape index (κ2) is 6.29. The van der Waals surface area contributed by atoms with Crippen LogP contribution in [0.3, 0.4) is 0 Å². The first kappa shape index (κ1) is 13.5. The molecule has 2 unspecified atom stereocenters. The van der Waals surface area contributed by atoms with Crippen molar-refractivity contribution in [3.63, 3.8) is 0 Å². The third kappa shape index (κ3) is 3.29. The molecule has 1 aliphatic rings. The molecule has 5 heteroatoms. The largest absolute Gasteiger partial charge is 0.373 e. The summed E-state index contributed by atoms with van der Waals surface area (Å²) in [5, 5.41) is 7.34. The molecule has 1 heterocycles. The summed E-state index contributed by atoms with van der Waals surface area (Å²) in [6.07, 6.45) is 5.48. The van der Waals surface area contributed by atoms with Crippen molar-refractivity contribution in [1.82, 2.24) is 15.5 Å². The maximum atomic E-state index is 5.45. The zero-order chi connectivity index (χ0) is 13.0. The Hall–Kier alpha value is -0.940. The molecular formula is C13H23N3O2. The highest BCUT2D eigenvalue weighted by molar-refractivity contribution is 4.99. The van der Waals surface area contributed by atoms with Crippen LogP contribution in [0.1, 0.15) is 50.4 Å². The van der Waals surface area contributed by atoms with E-state index in [0.717, 1.165) is 19.3 Å². The molecule has 0 bridgehead atoms. The van der Waals surface area contributed by atoms with Gasteiger partial charge in [0.1, 0.15) is 6.10 Å². The van der Waals surface area contributed by atoms with E-state index in [0.29, 0.717) is 23.7 Å². The zero-order valence-electron chi connectivity index (χ0n) is 11.5. The highest BCUT2D eigenvalue weighted by Crippen LogP contribution is 2.41. The van der Waals surface area contributed by atoms with Crippen LogP contribution in [0.15, 0.2) is 4.52 Å². The molecule has 0 aliphatic heterocycles. The molecule has 1 aromatic rings. The van der Waals surface area contributed by atoms with Crippen LogP contribution in [0.2, 0.25) is 0 Å². The molecule has 0 aromatic carbocycles. The van der Waals surface area contributed by atoms with E-state index in [9.17, 15) is 0 Å². The summed E-state index contributed by atoms with van der Waals surface area (Å²) in [6, 6.07) is 0.408. The van der Waals surface area contributed by atoms with Crippen molar-refractivity contribution < 1.29 is 9.26 Å². The van der Waals surface area contributed by atoms with E-state index in [1.165, 1.54) is 12.8 Å². The second-order valence-corrected chi connectivity index (χ2v) is 5.02. The summed E-state index contributed by atoms with van der Waals surface area (Å²) >= 11 is 0. The minimum absolute atomic E-state index is 0.0155. The average molecular weight is 253 g/mol. The quantitative estimate of drug-likeness (QED) is 0.768. The van der Waals surface area contributed by atoms with Gasteiger partial charge in [-0.05, 0) is 32.2 Å². The zero-order valence-corrected chi connectivity index (χ0v) is 11.5. The standard InChI is InChI=1S/C13H23N3O2/c1-4-5-10(14-2)8-11-15-13(16-18-11)12(17-3)9-6-7-9/h9-10,12,14H,4-8H2,1-3H3. The number of nitrogens with zero attached hydrogens (tertiary/aromatic N) is 2. The van der Waals surface area contributed by atoms with Gasteiger partial charge in [-0.15, -0.1) is 0 Å². The normalized spacial score (nSPS) is 18.8. The van der Waals surface area contributed by atoms with E-state index in [1.54, 1.807) is 7.11 Å². The number of rotatable bonds is 8. The van der Waals surface area contributed by atoms with Crippen molar-refractivity contribution in [1.29, 1.82) is 0 Å². The Labute approximate surface area is 108 Å². The first-order chi connectivity index (χ1) is 8.78. The molecule has 18 heavy (non-hydrogen) atoms. The summed E-state index contributed by atoms with van der Waals surface area (Å²) in [5.74, 6) is 2.00. The van der Waals surface area contributed by atoms with Gasteiger partial charge in [0.15, 0.2) is 0 Å². The number of hydrogen-bond donors (Lipinski definition) is 1. The predicted molar refractivity (Wildman–Crippen MR) is 68.2 cm³/mol. The average Bonchev–Trinajstić information content (AvgIpc) is 3.10. The number of methoxy groups -OCH3 is 1. The summed E-state index contributed by atoms with van der Waals surface area (Å²) < 4.78 is 10.8. The molecule has 0 radical (unpaired) electrons. The fraction of sp³-hybridized carbons (Fsp3) is 0.846. The fourth-order valence-electron chi connectivity index (χ4n) is 2.28. The molecule has 1 aromatic heterocycles. The van der Waals surface area contributed by atoms with Crippen molar-refractivity contribution in [3.05, 3.63) is 11.7 Å². The molecule has 0 amide bonds. The van der Waals surface area contributed by atoms with Crippen LogP contribution >= 0.6 is 0 Å². The molecule has 2 rings (SSSR count). The molecule has 1 saturated carbocycles. The maximum Gasteiger partial charge on any atom is 0.228 e. The van der Waals surface area contributed by atoms with Gasteiger partial charge in [0.2, 0.25) is 11.7 Å². The van der Waals surface area contributed by atoms with E-state index in [1.807, 2.05) is 7.05 Å². The Bertz CT molecular complexity index is 363. The Balaban J connectivity index is 1.96. The van der Waals surface area contributed by atoms with Gasteiger partial charge in [0.25, 0.3) is 0 Å². The molecule has 0 spiro atoms. The van der Waals surface area contributed by atoms with Gasteiger partial charge in [-0.25, -0.2) is 0 Å². The molecule has 5 nitrogen and oxygen atoms in total. The lowest BCUT2D eigenvalue weighted by Gasteiger charge is -2.12. The van der Waals surface area contributed by atoms with Gasteiger partial charge < -0.3 is 14.6 Å². The van der Waals surface area contributed by atoms with Crippen LogP contribution < -0.4 is 5.32 Å². The van der Waals surface area contributed by atoms with E-state index in [-0.39, 0.29) is 6.10 Å². The molecule has 1 aliphatic carbocycles. The Morgan fingerprint density at radius 3 is 2.83 bits per heavy atom. The molecule has 102 valence electrons. The van der Waals surface area contributed by atoms with Gasteiger partial charge >= 0.3 is 0 Å². The van der Waals surface area contributed by atoms with Crippen LogP contribution in [0.5, 0.6) is 0 Å². The molecule has 1 N–H and O–H groups in total. The smallest absolute Gasteiger partial charge is 0.228 e. The lowest BCUT2D eigenvalue weighted by atomic mass is 10.1. The van der Waals surface area contributed by atoms with Gasteiger partial charge in [-0.3, -0.25) is 0 Å². The van der Waals surface area contributed by atoms with E-state index in [2.05, 4.69) is 22.4 Å². The highest BCUT2D eigenvalue weighted by Gasteiger charge is 2.35. The summed E-state index contributed by atoms with van der Waals surface area (Å²) in [6.45, 7) is 2.18. The van der Waals surface area contributed by atoms with E-state index < -0.39 is 0 Å². The van der Waals surface area contributed by atoms with Crippen molar-refractivity contribution in [2.45, 2.75) is 51.2 Å². The van der Waals surface area contributed by atoms with Gasteiger partial charge in [-0.1, -0.05) is 18.5 Å².